The van der Waals surface area contributed by atoms with Crippen molar-refractivity contribution in [1.82, 2.24) is 5.32 Å². The van der Waals surface area contributed by atoms with E-state index in [-0.39, 0.29) is 18.6 Å². The number of hydrogen-bond donors (Lipinski definition) is 1. The molecule has 0 saturated carbocycles. The molecule has 0 fully saturated rings. The first-order chi connectivity index (χ1) is 12.2. The molecule has 132 valence electrons. The number of fused-ring (bicyclic) bond motifs is 1. The Hall–Kier alpha value is -2.21. The van der Waals surface area contributed by atoms with Gasteiger partial charge in [-0.25, -0.2) is 0 Å². The van der Waals surface area contributed by atoms with E-state index in [4.69, 9.17) is 14.2 Å². The molecule has 25 heavy (non-hydrogen) atoms. The Labute approximate surface area is 155 Å². The highest BCUT2D eigenvalue weighted by Crippen LogP contribution is 2.30. The van der Waals surface area contributed by atoms with Crippen LogP contribution in [0.5, 0.6) is 17.2 Å². The molecule has 1 N–H and O–H groups in total. The van der Waals surface area contributed by atoms with Crippen LogP contribution in [0, 0.1) is 0 Å². The number of amides is 1. The lowest BCUT2D eigenvalue weighted by Crippen LogP contribution is -2.42. The maximum Gasteiger partial charge on any atom is 0.258 e. The van der Waals surface area contributed by atoms with Crippen molar-refractivity contribution in [2.24, 2.45) is 0 Å². The minimum Gasteiger partial charge on any atom is -0.486 e. The van der Waals surface area contributed by atoms with E-state index < -0.39 is 0 Å². The summed E-state index contributed by atoms with van der Waals surface area (Å²) in [4.78, 5) is 12.0. The van der Waals surface area contributed by atoms with Crippen molar-refractivity contribution < 1.29 is 19.0 Å². The number of aryl methyl sites for hydroxylation is 1. The van der Waals surface area contributed by atoms with Gasteiger partial charge in [0, 0.05) is 0 Å². The van der Waals surface area contributed by atoms with Crippen LogP contribution in [0.15, 0.2) is 46.9 Å². The summed E-state index contributed by atoms with van der Waals surface area (Å²) in [5.41, 5.74) is 1.21. The van der Waals surface area contributed by atoms with Crippen LogP contribution < -0.4 is 19.5 Å². The lowest BCUT2D eigenvalue weighted by atomic mass is 10.2. The van der Waals surface area contributed by atoms with E-state index in [1.165, 1.54) is 5.56 Å². The van der Waals surface area contributed by atoms with Gasteiger partial charge in [-0.15, -0.1) is 0 Å². The molecule has 0 unspecified atom stereocenters. The van der Waals surface area contributed by atoms with E-state index >= 15 is 0 Å². The van der Waals surface area contributed by atoms with Crippen molar-refractivity contribution in [3.63, 3.8) is 0 Å². The fraction of sp³-hybridized carbons (Fsp3) is 0.316. The highest BCUT2D eigenvalue weighted by molar-refractivity contribution is 9.10. The Kier molecular flexibility index (Phi) is 5.81. The number of ether oxygens (including phenoxy) is 3. The van der Waals surface area contributed by atoms with Crippen LogP contribution in [0.1, 0.15) is 12.5 Å². The summed E-state index contributed by atoms with van der Waals surface area (Å²) in [5, 5.41) is 2.81. The summed E-state index contributed by atoms with van der Waals surface area (Å²) in [6.07, 6.45) is 0.737. The van der Waals surface area contributed by atoms with Crippen molar-refractivity contribution in [1.29, 1.82) is 0 Å². The second-order valence-corrected chi connectivity index (χ2v) is 6.56. The molecular weight excluding hydrogens is 386 g/mol. The number of benzene rings is 2. The predicted octanol–water partition coefficient (Wildman–Crippen LogP) is 3.35. The SMILES string of the molecule is CCc1ccc(OCC(=O)NC[C@@H]2COc3ccccc3O2)c(Br)c1. The van der Waals surface area contributed by atoms with Gasteiger partial charge in [0.15, 0.2) is 18.1 Å². The standard InChI is InChI=1S/C19H20BrNO4/c1-2-13-7-8-16(15(20)9-13)24-12-19(22)21-10-14-11-23-17-5-3-4-6-18(17)25-14/h3-9,14H,2,10-12H2,1H3,(H,21,22)/t14-/m1/s1. The van der Waals surface area contributed by atoms with E-state index in [2.05, 4.69) is 28.2 Å². The summed E-state index contributed by atoms with van der Waals surface area (Å²) < 4.78 is 17.8. The minimum absolute atomic E-state index is 0.0474. The van der Waals surface area contributed by atoms with Gasteiger partial charge in [-0.1, -0.05) is 25.1 Å². The number of nitrogens with one attached hydrogen (secondary N) is 1. The van der Waals surface area contributed by atoms with Gasteiger partial charge >= 0.3 is 0 Å². The Morgan fingerprint density at radius 3 is 2.84 bits per heavy atom. The van der Waals surface area contributed by atoms with Crippen molar-refractivity contribution in [3.05, 3.63) is 52.5 Å². The fourth-order valence-corrected chi connectivity index (χ4v) is 3.01. The minimum atomic E-state index is -0.213. The number of carbonyl (C=O) groups is 1. The van der Waals surface area contributed by atoms with Crippen LogP contribution >= 0.6 is 15.9 Å². The van der Waals surface area contributed by atoms with Crippen LogP contribution in [-0.4, -0.2) is 31.8 Å². The lowest BCUT2D eigenvalue weighted by Gasteiger charge is -2.26. The van der Waals surface area contributed by atoms with Gasteiger partial charge in [-0.2, -0.15) is 0 Å². The largest absolute Gasteiger partial charge is 0.486 e. The van der Waals surface area contributed by atoms with Crippen LogP contribution in [-0.2, 0) is 11.2 Å². The lowest BCUT2D eigenvalue weighted by molar-refractivity contribution is -0.123. The Balaban J connectivity index is 1.44. The second-order valence-electron chi connectivity index (χ2n) is 5.71. The zero-order chi connectivity index (χ0) is 17.6. The summed E-state index contributed by atoms with van der Waals surface area (Å²) in [6.45, 7) is 2.81. The first kappa shape index (κ1) is 17.6. The highest BCUT2D eigenvalue weighted by Gasteiger charge is 2.21. The zero-order valence-corrected chi connectivity index (χ0v) is 15.5. The molecule has 0 saturated heterocycles. The van der Waals surface area contributed by atoms with E-state index in [0.29, 0.717) is 24.7 Å². The highest BCUT2D eigenvalue weighted by atomic mass is 79.9. The average Bonchev–Trinajstić information content (AvgIpc) is 2.65. The molecule has 0 radical (unpaired) electrons. The quantitative estimate of drug-likeness (QED) is 0.800. The summed E-state index contributed by atoms with van der Waals surface area (Å²) in [7, 11) is 0. The van der Waals surface area contributed by atoms with Gasteiger partial charge < -0.3 is 19.5 Å². The molecule has 0 aliphatic carbocycles. The molecule has 1 aliphatic rings. The molecule has 1 atom stereocenters. The smallest absolute Gasteiger partial charge is 0.258 e. The summed E-state index contributed by atoms with van der Waals surface area (Å²) in [6, 6.07) is 13.3. The van der Waals surface area contributed by atoms with Crippen LogP contribution in [0.3, 0.4) is 0 Å². The van der Waals surface area contributed by atoms with Crippen molar-refractivity contribution in [2.45, 2.75) is 19.4 Å². The number of para-hydroxylation sites is 2. The van der Waals surface area contributed by atoms with Crippen LogP contribution in [0.25, 0.3) is 0 Å². The van der Waals surface area contributed by atoms with Crippen molar-refractivity contribution >= 4 is 21.8 Å². The van der Waals surface area contributed by atoms with Gasteiger partial charge in [0.1, 0.15) is 18.5 Å². The molecule has 1 amide bonds. The molecule has 2 aromatic rings. The predicted molar refractivity (Wildman–Crippen MR) is 98.4 cm³/mol. The average molecular weight is 406 g/mol. The number of hydrogen-bond acceptors (Lipinski definition) is 4. The molecule has 1 heterocycles. The summed E-state index contributed by atoms with van der Waals surface area (Å²) >= 11 is 3.46. The van der Waals surface area contributed by atoms with Crippen molar-refractivity contribution in [3.8, 4) is 17.2 Å². The third kappa shape index (κ3) is 4.66. The molecule has 0 bridgehead atoms. The number of halogens is 1. The molecule has 5 nitrogen and oxygen atoms in total. The van der Waals surface area contributed by atoms with Gasteiger partial charge in [0.05, 0.1) is 11.0 Å². The monoisotopic (exact) mass is 405 g/mol. The Bertz CT molecular complexity index is 750. The van der Waals surface area contributed by atoms with Gasteiger partial charge in [-0.05, 0) is 52.2 Å². The fourth-order valence-electron chi connectivity index (χ4n) is 2.47. The molecule has 0 aromatic heterocycles. The molecule has 2 aromatic carbocycles. The third-order valence-electron chi connectivity index (χ3n) is 3.86. The molecular formula is C19H20BrNO4. The molecule has 6 heteroatoms. The van der Waals surface area contributed by atoms with Crippen molar-refractivity contribution in [2.75, 3.05) is 19.8 Å². The molecule has 1 aliphatic heterocycles. The topological polar surface area (TPSA) is 56.8 Å². The first-order valence-corrected chi connectivity index (χ1v) is 9.01. The van der Waals surface area contributed by atoms with E-state index in [9.17, 15) is 4.79 Å². The van der Waals surface area contributed by atoms with Gasteiger partial charge in [0.2, 0.25) is 0 Å². The van der Waals surface area contributed by atoms with Crippen LogP contribution in [0.4, 0.5) is 0 Å². The summed E-state index contributed by atoms with van der Waals surface area (Å²) in [5.74, 6) is 1.88. The number of carbonyl (C=O) groups excluding carboxylic acids is 1. The first-order valence-electron chi connectivity index (χ1n) is 8.22. The Morgan fingerprint density at radius 1 is 1.28 bits per heavy atom. The van der Waals surface area contributed by atoms with E-state index in [0.717, 1.165) is 16.6 Å². The number of rotatable bonds is 6. The van der Waals surface area contributed by atoms with E-state index in [1.54, 1.807) is 0 Å². The normalized spacial score (nSPS) is 15.5. The second kappa shape index (κ2) is 8.25. The zero-order valence-electron chi connectivity index (χ0n) is 14.0. The molecule has 3 rings (SSSR count). The molecule has 0 spiro atoms. The maximum atomic E-state index is 12.0. The van der Waals surface area contributed by atoms with Gasteiger partial charge in [-0.3, -0.25) is 4.79 Å². The van der Waals surface area contributed by atoms with Gasteiger partial charge in [0.25, 0.3) is 5.91 Å². The van der Waals surface area contributed by atoms with E-state index in [1.807, 2.05) is 42.5 Å². The van der Waals surface area contributed by atoms with Crippen LogP contribution in [0.2, 0.25) is 0 Å². The third-order valence-corrected chi connectivity index (χ3v) is 4.48. The maximum absolute atomic E-state index is 12.0. The Morgan fingerprint density at radius 2 is 2.08 bits per heavy atom.